The molecule has 0 spiro atoms. The molecule has 4 heteroatoms. The minimum absolute atomic E-state index is 0.0715. The van der Waals surface area contributed by atoms with Gasteiger partial charge in [0.05, 0.1) is 0 Å². The predicted octanol–water partition coefficient (Wildman–Crippen LogP) is 3.88. The van der Waals surface area contributed by atoms with E-state index in [-0.39, 0.29) is 29.0 Å². The summed E-state index contributed by atoms with van der Waals surface area (Å²) in [6, 6.07) is 0. The Morgan fingerprint density at radius 3 is 2.78 bits per heavy atom. The highest BCUT2D eigenvalue weighted by Crippen LogP contribution is 2.62. The Labute approximate surface area is 160 Å². The van der Waals surface area contributed by atoms with E-state index < -0.39 is 5.97 Å². The molecule has 0 saturated heterocycles. The van der Waals surface area contributed by atoms with Crippen LogP contribution >= 0.6 is 0 Å². The van der Waals surface area contributed by atoms with Crippen LogP contribution in [-0.2, 0) is 19.1 Å². The van der Waals surface area contributed by atoms with Crippen LogP contribution in [0.5, 0.6) is 0 Å². The van der Waals surface area contributed by atoms with Crippen molar-refractivity contribution in [3.8, 4) is 0 Å². The molecule has 0 aliphatic heterocycles. The average Bonchev–Trinajstić information content (AvgIpc) is 2.97. The molecule has 4 atom stereocenters. The van der Waals surface area contributed by atoms with Crippen molar-refractivity contribution in [2.75, 3.05) is 6.61 Å². The molecule has 0 unspecified atom stereocenters. The molecule has 0 aromatic rings. The fourth-order valence-electron chi connectivity index (χ4n) is 5.78. The number of hydrogen-bond donors (Lipinski definition) is 0. The Morgan fingerprint density at radius 2 is 2.04 bits per heavy atom. The van der Waals surface area contributed by atoms with Gasteiger partial charge >= 0.3 is 5.97 Å². The Morgan fingerprint density at radius 1 is 1.26 bits per heavy atom. The van der Waals surface area contributed by atoms with Crippen LogP contribution in [0.1, 0.15) is 46.5 Å². The molecule has 4 rings (SSSR count). The number of esters is 1. The van der Waals surface area contributed by atoms with E-state index in [2.05, 4.69) is 32.1 Å². The monoisotopic (exact) mass is 366 g/mol. The molecule has 27 heavy (non-hydrogen) atoms. The van der Waals surface area contributed by atoms with Gasteiger partial charge in [-0.05, 0) is 56.6 Å². The quantitative estimate of drug-likeness (QED) is 0.562. The summed E-state index contributed by atoms with van der Waals surface area (Å²) in [7, 11) is 0. The molecule has 0 aromatic heterocycles. The number of allylic oxidation sites excluding steroid dienone is 7. The number of ketones is 2. The summed E-state index contributed by atoms with van der Waals surface area (Å²) in [5.74, 6) is 0.394. The van der Waals surface area contributed by atoms with Gasteiger partial charge in [-0.15, -0.1) is 0 Å². The van der Waals surface area contributed by atoms with Crippen molar-refractivity contribution in [2.45, 2.75) is 46.5 Å². The molecule has 0 heterocycles. The fourth-order valence-corrected chi connectivity index (χ4v) is 5.78. The van der Waals surface area contributed by atoms with Gasteiger partial charge in [-0.3, -0.25) is 14.4 Å². The summed E-state index contributed by atoms with van der Waals surface area (Å²) in [6.45, 7) is 5.56. The van der Waals surface area contributed by atoms with Crippen LogP contribution in [0.3, 0.4) is 0 Å². The molecule has 4 nitrogen and oxygen atoms in total. The third-order valence-electron chi connectivity index (χ3n) is 7.24. The minimum atomic E-state index is -0.423. The largest absolute Gasteiger partial charge is 0.457 e. The van der Waals surface area contributed by atoms with Crippen LogP contribution in [-0.4, -0.2) is 24.1 Å². The van der Waals surface area contributed by atoms with Crippen LogP contribution in [0.4, 0.5) is 0 Å². The Hall–Kier alpha value is -2.23. The van der Waals surface area contributed by atoms with Gasteiger partial charge < -0.3 is 4.74 Å². The maximum Gasteiger partial charge on any atom is 0.303 e. The Kier molecular flexibility index (Phi) is 4.13. The molecule has 4 aliphatic rings. The van der Waals surface area contributed by atoms with E-state index in [1.54, 1.807) is 6.08 Å². The fraction of sp³-hybridized carbons (Fsp3) is 0.522. The van der Waals surface area contributed by atoms with E-state index >= 15 is 0 Å². The lowest BCUT2D eigenvalue weighted by atomic mass is 9.52. The van der Waals surface area contributed by atoms with Crippen LogP contribution in [0, 0.1) is 22.7 Å². The maximum absolute atomic E-state index is 12.7. The van der Waals surface area contributed by atoms with Gasteiger partial charge in [-0.25, -0.2) is 0 Å². The first-order chi connectivity index (χ1) is 12.8. The van der Waals surface area contributed by atoms with Crippen LogP contribution in [0.2, 0.25) is 0 Å². The first kappa shape index (κ1) is 18.1. The van der Waals surface area contributed by atoms with Gasteiger partial charge in [0.2, 0.25) is 0 Å². The van der Waals surface area contributed by atoms with E-state index in [0.717, 1.165) is 31.3 Å². The molecule has 0 N–H and O–H groups in total. The average molecular weight is 366 g/mol. The van der Waals surface area contributed by atoms with E-state index in [1.807, 2.05) is 6.08 Å². The topological polar surface area (TPSA) is 60.4 Å². The molecule has 0 aromatic carbocycles. The molecule has 4 aliphatic carbocycles. The zero-order chi connectivity index (χ0) is 19.4. The lowest BCUT2D eigenvalue weighted by Gasteiger charge is -2.51. The highest BCUT2D eigenvalue weighted by Gasteiger charge is 2.54. The predicted molar refractivity (Wildman–Crippen MR) is 102 cm³/mol. The smallest absolute Gasteiger partial charge is 0.303 e. The zero-order valence-electron chi connectivity index (χ0n) is 16.2. The second-order valence-electron chi connectivity index (χ2n) is 8.70. The highest BCUT2D eigenvalue weighted by atomic mass is 16.5. The van der Waals surface area contributed by atoms with Crippen molar-refractivity contribution in [1.82, 2.24) is 0 Å². The van der Waals surface area contributed by atoms with Gasteiger partial charge in [0, 0.05) is 23.3 Å². The number of hydrogen-bond acceptors (Lipinski definition) is 4. The van der Waals surface area contributed by atoms with Crippen molar-refractivity contribution < 1.29 is 19.1 Å². The molecule has 1 fully saturated rings. The van der Waals surface area contributed by atoms with Gasteiger partial charge in [0.15, 0.2) is 18.2 Å². The standard InChI is InChI=1S/C23H26O4/c1-14(24)27-13-21(26)20-7-6-18-17-5-4-15-12-16(25)8-10-22(15,2)19(17)9-11-23(18,20)3/h7-10,12,17-18H,4-6,11,13H2,1-3H3/t17-,18+,22+,23+/m0/s1. The van der Waals surface area contributed by atoms with E-state index in [1.165, 1.54) is 18.1 Å². The maximum atomic E-state index is 12.7. The summed E-state index contributed by atoms with van der Waals surface area (Å²) in [5, 5.41) is 0. The molecule has 142 valence electrons. The third kappa shape index (κ3) is 2.69. The van der Waals surface area contributed by atoms with Crippen molar-refractivity contribution in [3.05, 3.63) is 47.1 Å². The van der Waals surface area contributed by atoms with Crippen molar-refractivity contribution in [1.29, 1.82) is 0 Å². The number of carbonyl (C=O) groups excluding carboxylic acids is 3. The number of carbonyl (C=O) groups is 3. The number of Topliss-reactive ketones (excluding diaryl/α,β-unsaturated/α-hetero) is 1. The summed E-state index contributed by atoms with van der Waals surface area (Å²) in [5.41, 5.74) is 3.09. The second-order valence-corrected chi connectivity index (χ2v) is 8.70. The number of rotatable bonds is 3. The van der Waals surface area contributed by atoms with E-state index in [4.69, 9.17) is 4.74 Å². The molecule has 0 radical (unpaired) electrons. The summed E-state index contributed by atoms with van der Waals surface area (Å²) >= 11 is 0. The Balaban J connectivity index is 1.63. The number of ether oxygens (including phenoxy) is 1. The van der Waals surface area contributed by atoms with Crippen molar-refractivity contribution >= 4 is 17.5 Å². The molecule has 0 bridgehead atoms. The highest BCUT2D eigenvalue weighted by molar-refractivity contribution is 6.01. The normalized spacial score (nSPS) is 36.7. The van der Waals surface area contributed by atoms with Gasteiger partial charge in [-0.2, -0.15) is 0 Å². The molecular formula is C23H26O4. The van der Waals surface area contributed by atoms with Gasteiger partial charge in [0.25, 0.3) is 0 Å². The molecular weight excluding hydrogens is 340 g/mol. The van der Waals surface area contributed by atoms with Crippen LogP contribution < -0.4 is 0 Å². The van der Waals surface area contributed by atoms with Crippen molar-refractivity contribution in [3.63, 3.8) is 0 Å². The lowest BCUT2D eigenvalue weighted by Crippen LogP contribution is -2.43. The zero-order valence-corrected chi connectivity index (χ0v) is 16.2. The third-order valence-corrected chi connectivity index (χ3v) is 7.24. The van der Waals surface area contributed by atoms with Gasteiger partial charge in [-0.1, -0.05) is 36.3 Å². The lowest BCUT2D eigenvalue weighted by molar-refractivity contribution is -0.145. The SMILES string of the molecule is CC(=O)OCC(=O)C1=CC[C@@H]2[C@@H]3CCC4=CC(=O)C=C[C@@]4(C)C3=CC[C@@]12C. The molecule has 1 saturated carbocycles. The first-order valence-corrected chi connectivity index (χ1v) is 9.77. The number of fused-ring (bicyclic) bond motifs is 5. The van der Waals surface area contributed by atoms with Crippen molar-refractivity contribution in [2.24, 2.45) is 22.7 Å². The summed E-state index contributed by atoms with van der Waals surface area (Å²) in [4.78, 5) is 35.6. The van der Waals surface area contributed by atoms with E-state index in [0.29, 0.717) is 11.8 Å². The van der Waals surface area contributed by atoms with Crippen LogP contribution in [0.25, 0.3) is 0 Å². The minimum Gasteiger partial charge on any atom is -0.457 e. The Bertz CT molecular complexity index is 856. The van der Waals surface area contributed by atoms with E-state index in [9.17, 15) is 14.4 Å². The van der Waals surface area contributed by atoms with Gasteiger partial charge in [0.1, 0.15) is 0 Å². The second kappa shape index (κ2) is 6.15. The summed E-state index contributed by atoms with van der Waals surface area (Å²) in [6.07, 6.45) is 13.6. The molecule has 0 amide bonds. The van der Waals surface area contributed by atoms with Crippen LogP contribution in [0.15, 0.2) is 47.1 Å². The first-order valence-electron chi connectivity index (χ1n) is 9.77. The summed E-state index contributed by atoms with van der Waals surface area (Å²) < 4.78 is 4.95.